The molecule has 1 saturated heterocycles. The summed E-state index contributed by atoms with van der Waals surface area (Å²) in [5, 5.41) is 171. The lowest BCUT2D eigenvalue weighted by Gasteiger charge is -2.44. The number of benzene rings is 5. The Bertz CT molecular complexity index is 3580. The number of hydrogen-bond acceptors (Lipinski definition) is 30. The number of carboxylic acids is 2. The molecule has 0 amide bonds. The quantitative estimate of drug-likeness (QED) is 0.0466. The molecule has 1 fully saturated rings. The van der Waals surface area contributed by atoms with E-state index >= 15 is 4.79 Å². The Morgan fingerprint density at radius 3 is 1.75 bits per heavy atom. The van der Waals surface area contributed by atoms with Gasteiger partial charge in [0.05, 0.1) is 34.6 Å². The van der Waals surface area contributed by atoms with Crippen LogP contribution < -0.4 is 9.47 Å². The molecule has 0 saturated carbocycles. The van der Waals surface area contributed by atoms with Crippen molar-refractivity contribution in [3.05, 3.63) is 69.8 Å². The first-order valence-corrected chi connectivity index (χ1v) is 22.3. The van der Waals surface area contributed by atoms with Crippen LogP contribution in [0, 0.1) is 5.92 Å². The van der Waals surface area contributed by atoms with Gasteiger partial charge in [-0.1, -0.05) is 0 Å². The number of aliphatic hydroxyl groups excluding tert-OH is 1. The molecule has 9 rings (SSSR count). The number of aliphatic carboxylic acids is 1. The van der Waals surface area contributed by atoms with Crippen LogP contribution in [-0.4, -0.2) is 173 Å². The maximum Gasteiger partial charge on any atom is 0.341 e. The number of carboxylic acid groups (broad SMARTS) is 2. The van der Waals surface area contributed by atoms with E-state index in [4.69, 9.17) is 37.9 Å². The van der Waals surface area contributed by atoms with Gasteiger partial charge in [0.15, 0.2) is 81.6 Å². The zero-order chi connectivity index (χ0) is 58.4. The maximum absolute atomic E-state index is 15.2. The Labute approximate surface area is 439 Å². The molecule has 5 aromatic rings. The second kappa shape index (κ2) is 19.5. The summed E-state index contributed by atoms with van der Waals surface area (Å²) in [5.41, 5.74) is -9.21. The SMILES string of the molecule is O=C(O)CC1C(=O)O[C@H]2[C@@H]3OC(=O)c4cc(Oc5c(C(=O)O)cc(O)c(O)c5O)c(O)c(O)c4-c4c(cc(O)c(O)c4O)C(=O)OC[C@H]2O[C@@H](OC(=O)c2cc(O)c(O)c(O)c2)[C@@H]3OC(=O)c2cc(O)c(O)c3c2C1C(O)C(=O)O3. The average molecular weight is 1120 g/mol. The minimum atomic E-state index is -2.75. The van der Waals surface area contributed by atoms with Crippen LogP contribution >= 0.6 is 0 Å². The van der Waals surface area contributed by atoms with Crippen LogP contribution in [-0.2, 0) is 42.8 Å². The molecule has 5 aromatic carbocycles. The van der Waals surface area contributed by atoms with Gasteiger partial charge < -0.3 is 120 Å². The summed E-state index contributed by atoms with van der Waals surface area (Å²) in [6.07, 6.45) is -17.2. The number of phenolic OH excluding ortho intramolecular Hbond substituents is 13. The van der Waals surface area contributed by atoms with Crippen LogP contribution in [0.1, 0.15) is 69.7 Å². The lowest BCUT2D eigenvalue weighted by molar-refractivity contribution is -0.287. The maximum atomic E-state index is 15.2. The molecule has 418 valence electrons. The highest BCUT2D eigenvalue weighted by molar-refractivity contribution is 6.09. The van der Waals surface area contributed by atoms with Crippen LogP contribution in [0.2, 0.25) is 0 Å². The van der Waals surface area contributed by atoms with Gasteiger partial charge in [-0.05, 0) is 24.3 Å². The van der Waals surface area contributed by atoms with Crippen molar-refractivity contribution in [3.63, 3.8) is 0 Å². The van der Waals surface area contributed by atoms with Gasteiger partial charge in [-0.3, -0.25) is 9.59 Å². The third-order valence-electron chi connectivity index (χ3n) is 12.8. The van der Waals surface area contributed by atoms with E-state index in [1.54, 1.807) is 0 Å². The normalized spacial score (nSPS) is 22.3. The molecule has 32 heteroatoms. The van der Waals surface area contributed by atoms with Crippen molar-refractivity contribution in [1.82, 2.24) is 0 Å². The van der Waals surface area contributed by atoms with E-state index in [2.05, 4.69) is 0 Å². The van der Waals surface area contributed by atoms with Gasteiger partial charge in [-0.25, -0.2) is 28.8 Å². The molecule has 16 N–H and O–H groups in total. The van der Waals surface area contributed by atoms with Crippen LogP contribution in [0.3, 0.4) is 0 Å². The van der Waals surface area contributed by atoms with E-state index in [-0.39, 0.29) is 6.07 Å². The first-order chi connectivity index (χ1) is 37.6. The van der Waals surface area contributed by atoms with Crippen molar-refractivity contribution in [1.29, 1.82) is 0 Å². The molecule has 0 radical (unpaired) electrons. The molecule has 0 aliphatic carbocycles. The molecule has 0 spiro atoms. The van der Waals surface area contributed by atoms with E-state index in [1.165, 1.54) is 0 Å². The van der Waals surface area contributed by atoms with Crippen LogP contribution in [0.5, 0.6) is 92.0 Å². The van der Waals surface area contributed by atoms with E-state index in [0.29, 0.717) is 30.3 Å². The average Bonchev–Trinajstić information content (AvgIpc) is 3.58. The van der Waals surface area contributed by atoms with Gasteiger partial charge in [-0.2, -0.15) is 0 Å². The van der Waals surface area contributed by atoms with Crippen LogP contribution in [0.4, 0.5) is 0 Å². The number of ether oxygens (including phenoxy) is 8. The molecule has 80 heavy (non-hydrogen) atoms. The van der Waals surface area contributed by atoms with Crippen molar-refractivity contribution in [2.24, 2.45) is 5.92 Å². The number of carbonyl (C=O) groups is 8. The monoisotopic (exact) mass is 1120 g/mol. The van der Waals surface area contributed by atoms with Crippen molar-refractivity contribution in [2.75, 3.05) is 6.61 Å². The van der Waals surface area contributed by atoms with Gasteiger partial charge in [-0.15, -0.1) is 0 Å². The van der Waals surface area contributed by atoms with Gasteiger partial charge in [0.25, 0.3) is 0 Å². The summed E-state index contributed by atoms with van der Waals surface area (Å²) in [6, 6.07) is 2.35. The Kier molecular flexibility index (Phi) is 13.1. The van der Waals surface area contributed by atoms with Crippen molar-refractivity contribution < 1.29 is 158 Å². The van der Waals surface area contributed by atoms with Crippen LogP contribution in [0.15, 0.2) is 36.4 Å². The summed E-state index contributed by atoms with van der Waals surface area (Å²) in [5.74, 6) is -41.7. The number of cyclic esters (lactones) is 1. The summed E-state index contributed by atoms with van der Waals surface area (Å²) in [4.78, 5) is 111. The van der Waals surface area contributed by atoms with Crippen LogP contribution in [0.25, 0.3) is 11.1 Å². The minimum Gasteiger partial charge on any atom is -0.504 e. The number of fused-ring (bicyclic) bond motifs is 3. The second-order valence-corrected chi connectivity index (χ2v) is 17.6. The first-order valence-electron chi connectivity index (χ1n) is 22.3. The number of aromatic carboxylic acids is 1. The minimum absolute atomic E-state index is 0.272. The summed E-state index contributed by atoms with van der Waals surface area (Å²) >= 11 is 0. The fraction of sp³-hybridized carbons (Fsp3) is 0.208. The largest absolute Gasteiger partial charge is 0.504 e. The van der Waals surface area contributed by atoms with Crippen molar-refractivity contribution >= 4 is 47.8 Å². The fourth-order valence-electron chi connectivity index (χ4n) is 9.10. The fourth-order valence-corrected chi connectivity index (χ4v) is 9.10. The van der Waals surface area contributed by atoms with Gasteiger partial charge in [0, 0.05) is 34.7 Å². The Morgan fingerprint density at radius 1 is 0.562 bits per heavy atom. The highest BCUT2D eigenvalue weighted by Crippen LogP contribution is 2.56. The lowest BCUT2D eigenvalue weighted by Crippen LogP contribution is -2.63. The topological polar surface area (TPSA) is 534 Å². The van der Waals surface area contributed by atoms with E-state index in [0.717, 1.165) is 0 Å². The number of phenols is 13. The van der Waals surface area contributed by atoms with Gasteiger partial charge in [0.2, 0.25) is 41.1 Å². The number of carbonyl (C=O) groups excluding carboxylic acids is 6. The zero-order valence-electron chi connectivity index (χ0n) is 39.2. The molecule has 4 aliphatic heterocycles. The van der Waals surface area contributed by atoms with Crippen molar-refractivity contribution in [3.8, 4) is 103 Å². The molecule has 4 aliphatic rings. The first kappa shape index (κ1) is 53.8. The highest BCUT2D eigenvalue weighted by atomic mass is 16.7. The second-order valence-electron chi connectivity index (χ2n) is 17.6. The predicted molar refractivity (Wildman–Crippen MR) is 243 cm³/mol. The number of rotatable bonds is 7. The molecule has 4 bridgehead atoms. The summed E-state index contributed by atoms with van der Waals surface area (Å²) < 4.78 is 44.6. The van der Waals surface area contributed by atoms with Gasteiger partial charge >= 0.3 is 47.8 Å². The number of aliphatic hydroxyl groups is 1. The molecule has 3 unspecified atom stereocenters. The zero-order valence-corrected chi connectivity index (χ0v) is 39.2. The summed E-state index contributed by atoms with van der Waals surface area (Å²) in [7, 11) is 0. The molecular weight excluding hydrogens is 1090 g/mol. The Morgan fingerprint density at radius 2 is 1.11 bits per heavy atom. The van der Waals surface area contributed by atoms with E-state index < -0.39 is 246 Å². The highest BCUT2D eigenvalue weighted by Gasteiger charge is 2.58. The standard InChI is InChI=1S/C48H34O32/c49-15-1-9(2-16(50)27(15)56)42(67)80-48-40-39-37(76-46(71)13(7-22(54)55)25-26-11(44(69)79-40)4-19(53)30(59)38(26)77-47(72)34(25)63)21(75-48)8-73-43(68)10-3-17(51)28(57)32(61)23(10)24-12(45(70)78-39)6-20(31(60)33(24)62)74-36-14(41(65)66)5-18(52)29(58)35(36)64/h1-6,13,21,25,34,37,39-40,48-53,56-64H,7-8H2,(H,54,55)(H,65,66)/t13?,21-,25?,34?,37-,39+,40-,48+/m1/s1. The Balaban J connectivity index is 1.32. The predicted octanol–water partition coefficient (Wildman–Crippen LogP) is 0.900. The van der Waals surface area contributed by atoms with Crippen molar-refractivity contribution in [2.45, 2.75) is 49.1 Å². The summed E-state index contributed by atoms with van der Waals surface area (Å²) in [6.45, 7) is -1.41. The van der Waals surface area contributed by atoms with E-state index in [1.807, 2.05) is 0 Å². The molecule has 32 nitrogen and oxygen atoms in total. The van der Waals surface area contributed by atoms with E-state index in [9.17, 15) is 115 Å². The third-order valence-corrected chi connectivity index (χ3v) is 12.8. The van der Waals surface area contributed by atoms with Gasteiger partial charge in [0.1, 0.15) is 18.3 Å². The Hall–Kier alpha value is -11.0. The molecular formula is C48H34O32. The molecule has 0 aromatic heterocycles. The third kappa shape index (κ3) is 8.80. The number of esters is 6. The molecule has 8 atom stereocenters. The lowest BCUT2D eigenvalue weighted by atomic mass is 9.76. The number of aromatic hydroxyl groups is 13. The number of hydrogen-bond donors (Lipinski definition) is 16. The molecule has 4 heterocycles. The smallest absolute Gasteiger partial charge is 0.341 e.